The molecule has 2 aromatic rings. The molecule has 2 aromatic carbocycles. The molecule has 0 aliphatic rings. The lowest BCUT2D eigenvalue weighted by atomic mass is 10.2. The minimum Gasteiger partial charge on any atom is -0.323 e. The molecule has 2 nitrogen and oxygen atoms in total. The average molecular weight is 349 g/mol. The van der Waals surface area contributed by atoms with Crippen LogP contribution >= 0.6 is 10.2 Å². The van der Waals surface area contributed by atoms with Gasteiger partial charge >= 0.3 is 10.2 Å². The van der Waals surface area contributed by atoms with Crippen LogP contribution in [0.2, 0.25) is 0 Å². The first-order chi connectivity index (χ1) is 10.4. The van der Waals surface area contributed by atoms with Crippen molar-refractivity contribution in [1.82, 2.24) is 0 Å². The molecule has 0 unspecified atom stereocenters. The first-order valence-electron chi connectivity index (χ1n) is 6.32. The number of carbonyl (C=O) groups is 1. The van der Waals surface area contributed by atoms with E-state index >= 15 is 0 Å². The fourth-order valence-electron chi connectivity index (χ4n) is 1.72. The minimum absolute atomic E-state index is 0.0155. The highest BCUT2D eigenvalue weighted by molar-refractivity contribution is 8.45. The van der Waals surface area contributed by atoms with Crippen LogP contribution in [0.1, 0.15) is 5.56 Å². The van der Waals surface area contributed by atoms with Gasteiger partial charge in [0.25, 0.3) is 0 Å². The Balaban J connectivity index is 2.07. The molecule has 0 saturated heterocycles. The molecule has 1 N–H and O–H groups in total. The van der Waals surface area contributed by atoms with E-state index in [1.807, 2.05) is 0 Å². The second kappa shape index (κ2) is 5.09. The van der Waals surface area contributed by atoms with Gasteiger partial charge < -0.3 is 5.32 Å². The zero-order valence-corrected chi connectivity index (χ0v) is 12.4. The highest BCUT2D eigenvalue weighted by Gasteiger charge is 2.65. The number of anilines is 1. The molecule has 0 bridgehead atoms. The van der Waals surface area contributed by atoms with E-state index in [2.05, 4.69) is 5.32 Å². The molecule has 0 radical (unpaired) electrons. The largest absolute Gasteiger partial charge is 0.323 e. The lowest BCUT2D eigenvalue weighted by Gasteiger charge is -2.40. The second-order valence-electron chi connectivity index (χ2n) is 4.73. The number of nitrogens with one attached hydrogen (secondary N) is 1. The third-order valence-electron chi connectivity index (χ3n) is 2.79. The maximum absolute atomic E-state index is 12.6. The fraction of sp³-hybridized carbons (Fsp3) is 0. The molecule has 0 heterocycles. The summed E-state index contributed by atoms with van der Waals surface area (Å²) in [4.78, 5) is 9.64. The Bertz CT molecular complexity index is 739. The monoisotopic (exact) mass is 349 g/mol. The lowest BCUT2D eigenvalue weighted by molar-refractivity contribution is -0.111. The quantitative estimate of drug-likeness (QED) is 0.533. The molecule has 0 aliphatic heterocycles. The van der Waals surface area contributed by atoms with Crippen molar-refractivity contribution in [2.24, 2.45) is 0 Å². The topological polar surface area (TPSA) is 29.1 Å². The summed E-state index contributed by atoms with van der Waals surface area (Å²) in [6, 6.07) is 10.9. The van der Waals surface area contributed by atoms with Crippen molar-refractivity contribution in [3.63, 3.8) is 0 Å². The zero-order valence-electron chi connectivity index (χ0n) is 11.6. The van der Waals surface area contributed by atoms with Crippen LogP contribution in [0.15, 0.2) is 65.6 Å². The smallest absolute Gasteiger partial charge is 0.310 e. The van der Waals surface area contributed by atoms with Crippen LogP contribution in [0, 0.1) is 0 Å². The standard InChI is InChI=1S/C15H12F5NOS/c16-23(17,18,19,20)14-9-7-13(8-10-14)21-15(22)11-6-12-4-2-1-3-5-12/h1-11H,(H,21,22). The van der Waals surface area contributed by atoms with Gasteiger partial charge in [0.15, 0.2) is 0 Å². The molecule has 0 fully saturated rings. The van der Waals surface area contributed by atoms with Gasteiger partial charge in [-0.1, -0.05) is 49.8 Å². The molecule has 23 heavy (non-hydrogen) atoms. The summed E-state index contributed by atoms with van der Waals surface area (Å²) in [5.74, 6) is -0.589. The van der Waals surface area contributed by atoms with Crippen LogP contribution in [0.25, 0.3) is 6.08 Å². The molecule has 0 aromatic heterocycles. The average Bonchev–Trinajstić information content (AvgIpc) is 2.44. The van der Waals surface area contributed by atoms with E-state index in [-0.39, 0.29) is 17.8 Å². The number of hydrogen-bond donors (Lipinski definition) is 1. The zero-order chi connectivity index (χ0) is 17.2. The molecule has 0 aliphatic carbocycles. The van der Waals surface area contributed by atoms with Crippen LogP contribution in [-0.2, 0) is 4.79 Å². The summed E-state index contributed by atoms with van der Waals surface area (Å²) < 4.78 is 62.8. The number of hydrogen-bond acceptors (Lipinski definition) is 1. The van der Waals surface area contributed by atoms with E-state index < -0.39 is 21.0 Å². The predicted octanol–water partition coefficient (Wildman–Crippen LogP) is 6.00. The summed E-state index contributed by atoms with van der Waals surface area (Å²) >= 11 is 0. The maximum Gasteiger partial charge on any atom is 0.310 e. The van der Waals surface area contributed by atoms with E-state index in [9.17, 15) is 24.2 Å². The van der Waals surface area contributed by atoms with Crippen LogP contribution in [0.3, 0.4) is 0 Å². The van der Waals surface area contributed by atoms with Crippen LogP contribution in [-0.4, -0.2) is 5.91 Å². The second-order valence-corrected chi connectivity index (χ2v) is 7.14. The van der Waals surface area contributed by atoms with Gasteiger partial charge in [-0.15, -0.1) is 0 Å². The lowest BCUT2D eigenvalue weighted by Crippen LogP contribution is -2.09. The number of halogens is 5. The van der Waals surface area contributed by atoms with Crippen molar-refractivity contribution in [3.05, 3.63) is 66.2 Å². The summed E-state index contributed by atoms with van der Waals surface area (Å²) in [5.41, 5.74) is 0.747. The van der Waals surface area contributed by atoms with Gasteiger partial charge in [-0.2, -0.15) is 0 Å². The van der Waals surface area contributed by atoms with Gasteiger partial charge in [0, 0.05) is 11.8 Å². The molecular weight excluding hydrogens is 337 g/mol. The highest BCUT2D eigenvalue weighted by atomic mass is 32.5. The normalized spacial score (nSPS) is 15.0. The van der Waals surface area contributed by atoms with Crippen molar-refractivity contribution >= 4 is 27.9 Å². The van der Waals surface area contributed by atoms with Gasteiger partial charge in [0.2, 0.25) is 5.91 Å². The van der Waals surface area contributed by atoms with Crippen molar-refractivity contribution in [3.8, 4) is 0 Å². The number of carbonyl (C=O) groups excluding carboxylic acids is 1. The van der Waals surface area contributed by atoms with Gasteiger partial charge in [-0.3, -0.25) is 4.79 Å². The third-order valence-corrected chi connectivity index (χ3v) is 3.96. The van der Waals surface area contributed by atoms with Crippen LogP contribution < -0.4 is 5.32 Å². The Morgan fingerprint density at radius 2 is 1.43 bits per heavy atom. The molecule has 0 spiro atoms. The molecule has 124 valence electrons. The molecule has 0 atom stereocenters. The van der Waals surface area contributed by atoms with Crippen LogP contribution in [0.5, 0.6) is 0 Å². The van der Waals surface area contributed by atoms with Crippen molar-refractivity contribution < 1.29 is 24.2 Å². The summed E-state index contributed by atoms with van der Waals surface area (Å²) in [6.45, 7) is 0. The fourth-order valence-corrected chi connectivity index (χ4v) is 2.37. The Morgan fingerprint density at radius 1 is 0.870 bits per heavy atom. The molecule has 1 amide bonds. The first-order valence-corrected chi connectivity index (χ1v) is 8.27. The van der Waals surface area contributed by atoms with Gasteiger partial charge in [-0.25, -0.2) is 0 Å². The van der Waals surface area contributed by atoms with Crippen molar-refractivity contribution in [2.75, 3.05) is 5.32 Å². The Morgan fingerprint density at radius 3 is 1.96 bits per heavy atom. The summed E-state index contributed by atoms with van der Waals surface area (Å²) in [7, 11) is -9.69. The van der Waals surface area contributed by atoms with E-state index in [4.69, 9.17) is 0 Å². The number of benzene rings is 2. The maximum atomic E-state index is 12.6. The minimum atomic E-state index is -9.69. The molecule has 0 saturated carbocycles. The van der Waals surface area contributed by atoms with Gasteiger partial charge in [0.1, 0.15) is 4.90 Å². The van der Waals surface area contributed by atoms with Gasteiger partial charge in [0.05, 0.1) is 0 Å². The summed E-state index contributed by atoms with van der Waals surface area (Å²) in [6.07, 6.45) is 2.70. The van der Waals surface area contributed by atoms with Gasteiger partial charge in [-0.05, 0) is 35.9 Å². The molecule has 2 rings (SSSR count). The molecular formula is C15H12F5NOS. The van der Waals surface area contributed by atoms with Crippen LogP contribution in [0.4, 0.5) is 25.1 Å². The number of rotatable bonds is 4. The first kappa shape index (κ1) is 17.0. The predicted molar refractivity (Wildman–Crippen MR) is 81.9 cm³/mol. The third kappa shape index (κ3) is 5.10. The van der Waals surface area contributed by atoms with Crippen molar-refractivity contribution in [2.45, 2.75) is 4.90 Å². The Hall–Kier alpha value is -2.35. The van der Waals surface area contributed by atoms with E-state index in [1.165, 1.54) is 12.2 Å². The van der Waals surface area contributed by atoms with E-state index in [0.29, 0.717) is 0 Å². The van der Waals surface area contributed by atoms with E-state index in [1.54, 1.807) is 30.3 Å². The Kier molecular flexibility index (Phi) is 3.76. The summed E-state index contributed by atoms with van der Waals surface area (Å²) in [5, 5.41) is 2.29. The van der Waals surface area contributed by atoms with Crippen molar-refractivity contribution in [1.29, 1.82) is 0 Å². The van der Waals surface area contributed by atoms with E-state index in [0.717, 1.165) is 17.7 Å². The Labute approximate surface area is 129 Å². The highest BCUT2D eigenvalue weighted by Crippen LogP contribution is 3.02. The number of amides is 1. The molecule has 8 heteroatoms. The SMILES string of the molecule is O=C(C=Cc1ccccc1)Nc1ccc(S(F)(F)(F)(F)F)cc1.